The summed E-state index contributed by atoms with van der Waals surface area (Å²) in [4.78, 5) is 24.8. The molecule has 1 saturated heterocycles. The predicted molar refractivity (Wildman–Crippen MR) is 221 cm³/mol. The van der Waals surface area contributed by atoms with E-state index in [9.17, 15) is 10.1 Å². The van der Waals surface area contributed by atoms with Crippen LogP contribution in [0.5, 0.6) is 11.5 Å². The number of anilines is 1. The zero-order chi connectivity index (χ0) is 41.2. The number of aromatic amines is 1. The van der Waals surface area contributed by atoms with Crippen LogP contribution >= 0.6 is 8.53 Å². The first-order valence-corrected chi connectivity index (χ1v) is 20.4. The van der Waals surface area contributed by atoms with Gasteiger partial charge in [-0.3, -0.25) is 14.3 Å². The first-order valence-electron chi connectivity index (χ1n) is 19.3. The molecule has 3 heterocycles. The van der Waals surface area contributed by atoms with Crippen molar-refractivity contribution in [3.05, 3.63) is 124 Å². The van der Waals surface area contributed by atoms with E-state index in [1.807, 2.05) is 78.9 Å². The minimum absolute atomic E-state index is 0.0234. The van der Waals surface area contributed by atoms with Crippen molar-refractivity contribution in [2.75, 3.05) is 33.2 Å². The zero-order valence-electron chi connectivity index (χ0n) is 33.6. The fourth-order valence-electron chi connectivity index (χ4n) is 8.33. The first-order chi connectivity index (χ1) is 28.0. The number of aromatic nitrogens is 4. The summed E-state index contributed by atoms with van der Waals surface area (Å²) in [6.07, 6.45) is 0.691. The molecule has 1 aliphatic carbocycles. The molecule has 1 saturated carbocycles. The van der Waals surface area contributed by atoms with Crippen molar-refractivity contribution in [1.82, 2.24) is 24.2 Å². The Morgan fingerprint density at radius 1 is 1.02 bits per heavy atom. The second-order valence-electron chi connectivity index (χ2n) is 15.1. The molecule has 2 aromatic heterocycles. The number of nitrogen functional groups attached to an aromatic ring is 1. The minimum Gasteiger partial charge on any atom is -0.497 e. The molecule has 58 heavy (non-hydrogen) atoms. The molecule has 2 bridgehead atoms. The molecule has 0 spiro atoms. The van der Waals surface area contributed by atoms with Crippen molar-refractivity contribution >= 4 is 25.6 Å². The summed E-state index contributed by atoms with van der Waals surface area (Å²) in [5.74, 6) is 0.904. The molecular formula is C43H50N7O7P. The average molecular weight is 808 g/mol. The zero-order valence-corrected chi connectivity index (χ0v) is 34.5. The Balaban J connectivity index is 1.39. The predicted octanol–water partition coefficient (Wildman–Crippen LogP) is 7.23. The van der Waals surface area contributed by atoms with E-state index < -0.39 is 43.5 Å². The number of H-pyrrole nitrogens is 1. The van der Waals surface area contributed by atoms with Gasteiger partial charge in [0.15, 0.2) is 11.2 Å². The highest BCUT2D eigenvalue weighted by Gasteiger charge is 2.65. The third kappa shape index (κ3) is 7.50. The maximum atomic E-state index is 13.4. The van der Waals surface area contributed by atoms with Crippen LogP contribution in [0.2, 0.25) is 0 Å². The molecule has 1 aliphatic heterocycles. The van der Waals surface area contributed by atoms with E-state index >= 15 is 0 Å². The summed E-state index contributed by atoms with van der Waals surface area (Å²) in [7, 11) is 1.53. The second kappa shape index (κ2) is 17.0. The quantitative estimate of drug-likeness (QED) is 0.0419. The van der Waals surface area contributed by atoms with Crippen LogP contribution in [0.25, 0.3) is 11.2 Å². The van der Waals surface area contributed by atoms with Crippen LogP contribution in [0, 0.1) is 17.2 Å². The van der Waals surface area contributed by atoms with Crippen molar-refractivity contribution in [2.45, 2.75) is 76.2 Å². The van der Waals surface area contributed by atoms with Crippen molar-refractivity contribution in [3.63, 3.8) is 0 Å². The van der Waals surface area contributed by atoms with E-state index in [2.05, 4.69) is 60.0 Å². The lowest BCUT2D eigenvalue weighted by Crippen LogP contribution is -2.47. The molecule has 1 unspecified atom stereocenters. The van der Waals surface area contributed by atoms with Gasteiger partial charge < -0.3 is 33.7 Å². The number of hydrogen-bond acceptors (Lipinski definition) is 12. The standard InChI is InChI=1S/C43H50N7O7P/c1-27(2)50(28(3)4)58(55-23-11-22-44)57-37-35-29(5)24-42(37,56-40(35)49-26-46-38-36(49)39(51)48-41(45)47-38)25-54-43(30-12-9-8-10-13-30,31-14-18-33(52-6)19-15-31)32-16-20-34(53-7)21-17-32/h8-10,12-21,26-28,35,37,40H,5,11,23-25H2,1-4,6-7H3,(H3,45,47,48,51)/t35-,37+,40-,42+,58?/m1/s1. The number of fused-ring (bicyclic) bond motifs is 3. The lowest BCUT2D eigenvalue weighted by Gasteiger charge is -2.42. The number of nitrogens with two attached hydrogens (primary N) is 1. The first kappa shape index (κ1) is 41.0. The second-order valence-corrected chi connectivity index (χ2v) is 16.5. The van der Waals surface area contributed by atoms with E-state index in [0.29, 0.717) is 17.9 Å². The SMILES string of the molecule is C=C1C[C@@]2(COC(c3ccccc3)(c3ccc(OC)cc3)c3ccc(OC)cc3)O[C@@H](n3cnc4nc(N)[nH]c(=O)c43)[C@H]1[C@@H]2OP(OCCC#N)N(C(C)C)C(C)C. The number of rotatable bonds is 17. The molecule has 0 amide bonds. The van der Waals surface area contributed by atoms with E-state index in [4.69, 9.17) is 33.7 Å². The van der Waals surface area contributed by atoms with E-state index in [1.54, 1.807) is 25.1 Å². The summed E-state index contributed by atoms with van der Waals surface area (Å²) < 4.78 is 43.4. The van der Waals surface area contributed by atoms with Crippen molar-refractivity contribution in [1.29, 1.82) is 5.26 Å². The molecule has 14 nitrogen and oxygen atoms in total. The van der Waals surface area contributed by atoms with Crippen molar-refractivity contribution < 1.29 is 28.0 Å². The molecule has 5 atom stereocenters. The van der Waals surface area contributed by atoms with Crippen LogP contribution in [0.3, 0.4) is 0 Å². The summed E-state index contributed by atoms with van der Waals surface area (Å²) in [5.41, 5.74) is 6.99. The maximum absolute atomic E-state index is 13.4. The van der Waals surface area contributed by atoms with Gasteiger partial charge in [0.1, 0.15) is 41.4 Å². The van der Waals surface area contributed by atoms with E-state index in [-0.39, 0.29) is 48.8 Å². The molecule has 15 heteroatoms. The van der Waals surface area contributed by atoms with Crippen LogP contribution in [0.15, 0.2) is 102 Å². The Morgan fingerprint density at radius 2 is 1.62 bits per heavy atom. The smallest absolute Gasteiger partial charge is 0.278 e. The third-order valence-corrected chi connectivity index (χ3v) is 12.9. The van der Waals surface area contributed by atoms with Crippen LogP contribution in [-0.4, -0.2) is 75.4 Å². The Kier molecular flexibility index (Phi) is 12.0. The molecule has 304 valence electrons. The van der Waals surface area contributed by atoms with Gasteiger partial charge in [-0.1, -0.05) is 66.7 Å². The van der Waals surface area contributed by atoms with Crippen molar-refractivity contribution in [2.24, 2.45) is 5.92 Å². The van der Waals surface area contributed by atoms with Gasteiger partial charge in [0.05, 0.1) is 45.8 Å². The highest BCUT2D eigenvalue weighted by atomic mass is 31.2. The lowest BCUT2D eigenvalue weighted by molar-refractivity contribution is -0.159. The number of nitrogens with zero attached hydrogens (tertiary/aromatic N) is 5. The molecule has 3 N–H and O–H groups in total. The number of methoxy groups -OCH3 is 2. The van der Waals surface area contributed by atoms with Gasteiger partial charge in [0.25, 0.3) is 14.1 Å². The summed E-state index contributed by atoms with van der Waals surface area (Å²) in [6, 6.07) is 28.0. The Morgan fingerprint density at radius 3 is 2.19 bits per heavy atom. The van der Waals surface area contributed by atoms with Gasteiger partial charge in [-0.25, -0.2) is 9.65 Å². The normalized spacial score (nSPS) is 21.0. The van der Waals surface area contributed by atoms with Gasteiger partial charge in [-0.05, 0) is 68.7 Å². The number of nitriles is 1. The van der Waals surface area contributed by atoms with Crippen LogP contribution in [-0.2, 0) is 24.1 Å². The molecule has 5 aromatic rings. The van der Waals surface area contributed by atoms with E-state index in [0.717, 1.165) is 22.3 Å². The Labute approximate surface area is 339 Å². The Bertz CT molecular complexity index is 2250. The Hall–Kier alpha value is -5.13. The lowest BCUT2D eigenvalue weighted by atomic mass is 9.79. The molecule has 7 rings (SSSR count). The van der Waals surface area contributed by atoms with Gasteiger partial charge in [-0.2, -0.15) is 10.2 Å². The number of imidazole rings is 1. The van der Waals surface area contributed by atoms with Crippen LogP contribution < -0.4 is 20.8 Å². The van der Waals surface area contributed by atoms with Gasteiger partial charge in [0, 0.05) is 18.5 Å². The number of benzene rings is 3. The molecule has 2 aliphatic rings. The maximum Gasteiger partial charge on any atom is 0.278 e. The largest absolute Gasteiger partial charge is 0.497 e. The number of nitrogens with one attached hydrogen (secondary N) is 1. The minimum atomic E-state index is -1.74. The monoisotopic (exact) mass is 807 g/mol. The molecule has 3 aromatic carbocycles. The summed E-state index contributed by atoms with van der Waals surface area (Å²) in [6.45, 7) is 13.1. The fourth-order valence-corrected chi connectivity index (χ4v) is 10.2. The molecule has 0 radical (unpaired) electrons. The molecular weight excluding hydrogens is 757 g/mol. The number of hydrogen-bond donors (Lipinski definition) is 2. The van der Waals surface area contributed by atoms with Gasteiger partial charge >= 0.3 is 0 Å². The average Bonchev–Trinajstić information content (AvgIpc) is 3.86. The van der Waals surface area contributed by atoms with Crippen LogP contribution in [0.4, 0.5) is 5.95 Å². The number of ether oxygens (including phenoxy) is 4. The molecule has 2 fully saturated rings. The summed E-state index contributed by atoms with van der Waals surface area (Å²) >= 11 is 0. The van der Waals surface area contributed by atoms with Crippen molar-refractivity contribution in [3.8, 4) is 17.6 Å². The van der Waals surface area contributed by atoms with Gasteiger partial charge in [0.2, 0.25) is 5.95 Å². The fraction of sp³-hybridized carbons (Fsp3) is 0.395. The van der Waals surface area contributed by atoms with E-state index in [1.165, 1.54) is 0 Å². The van der Waals surface area contributed by atoms with Crippen LogP contribution in [0.1, 0.15) is 63.5 Å². The van der Waals surface area contributed by atoms with Gasteiger partial charge in [-0.15, -0.1) is 0 Å². The highest BCUT2D eigenvalue weighted by molar-refractivity contribution is 7.44. The summed E-state index contributed by atoms with van der Waals surface area (Å²) in [5, 5.41) is 9.45. The topological polar surface area (TPSA) is 172 Å². The third-order valence-electron chi connectivity index (χ3n) is 10.8. The highest BCUT2D eigenvalue weighted by Crippen LogP contribution is 2.62.